The van der Waals surface area contributed by atoms with Crippen molar-refractivity contribution in [1.82, 2.24) is 5.32 Å². The zero-order valence-corrected chi connectivity index (χ0v) is 11.6. The van der Waals surface area contributed by atoms with E-state index in [0.717, 1.165) is 17.1 Å². The third kappa shape index (κ3) is 3.32. The molecule has 0 fully saturated rings. The van der Waals surface area contributed by atoms with Gasteiger partial charge in [-0.25, -0.2) is 0 Å². The fourth-order valence-electron chi connectivity index (χ4n) is 1.59. The monoisotopic (exact) mass is 265 g/mol. The van der Waals surface area contributed by atoms with Gasteiger partial charge in [0.15, 0.2) is 0 Å². The van der Waals surface area contributed by atoms with Crippen LogP contribution < -0.4 is 5.32 Å². The molecule has 0 amide bonds. The molecule has 1 heterocycles. The first-order chi connectivity index (χ1) is 8.16. The van der Waals surface area contributed by atoms with Gasteiger partial charge in [0.2, 0.25) is 0 Å². The average molecular weight is 266 g/mol. The van der Waals surface area contributed by atoms with Crippen molar-refractivity contribution in [2.75, 3.05) is 0 Å². The second kappa shape index (κ2) is 5.67. The van der Waals surface area contributed by atoms with E-state index in [0.29, 0.717) is 6.04 Å². The molecule has 0 aliphatic heterocycles. The van der Waals surface area contributed by atoms with Gasteiger partial charge in [-0.1, -0.05) is 43.6 Å². The van der Waals surface area contributed by atoms with Gasteiger partial charge in [0.1, 0.15) is 0 Å². The summed E-state index contributed by atoms with van der Waals surface area (Å²) in [6, 6.07) is 10.7. The summed E-state index contributed by atoms with van der Waals surface area (Å²) in [6.45, 7) is 5.22. The molecule has 0 unspecified atom stereocenters. The Morgan fingerprint density at radius 3 is 2.76 bits per heavy atom. The van der Waals surface area contributed by atoms with E-state index < -0.39 is 0 Å². The summed E-state index contributed by atoms with van der Waals surface area (Å²) in [4.78, 5) is 1.23. The second-order valence-corrected chi connectivity index (χ2v) is 5.65. The average Bonchev–Trinajstić information content (AvgIpc) is 2.75. The summed E-state index contributed by atoms with van der Waals surface area (Å²) >= 11 is 7.93. The van der Waals surface area contributed by atoms with Crippen molar-refractivity contribution in [3.8, 4) is 10.4 Å². The minimum Gasteiger partial charge on any atom is -0.310 e. The Bertz CT molecular complexity index is 490. The van der Waals surface area contributed by atoms with E-state index in [2.05, 4.69) is 36.7 Å². The number of halogens is 1. The first-order valence-corrected chi connectivity index (χ1v) is 6.98. The van der Waals surface area contributed by atoms with Crippen LogP contribution in [0, 0.1) is 0 Å². The molecule has 1 nitrogen and oxygen atoms in total. The molecule has 3 heteroatoms. The number of thiophene rings is 1. The standard InChI is InChI=1S/C14H16ClNS/c1-10(2)16-8-11-7-14(17-9-11)12-5-3-4-6-13(12)15/h3-7,9-10,16H,8H2,1-2H3. The van der Waals surface area contributed by atoms with E-state index in [1.807, 2.05) is 18.2 Å². The number of hydrogen-bond donors (Lipinski definition) is 1. The van der Waals surface area contributed by atoms with Crippen molar-refractivity contribution in [3.05, 3.63) is 46.3 Å². The van der Waals surface area contributed by atoms with Crippen molar-refractivity contribution < 1.29 is 0 Å². The zero-order chi connectivity index (χ0) is 12.3. The van der Waals surface area contributed by atoms with Gasteiger partial charge in [0.05, 0.1) is 0 Å². The maximum absolute atomic E-state index is 6.19. The van der Waals surface area contributed by atoms with Crippen molar-refractivity contribution in [2.45, 2.75) is 26.4 Å². The number of hydrogen-bond acceptors (Lipinski definition) is 2. The second-order valence-electron chi connectivity index (χ2n) is 4.33. The molecule has 2 aromatic rings. The van der Waals surface area contributed by atoms with Crippen LogP contribution in [-0.2, 0) is 6.54 Å². The topological polar surface area (TPSA) is 12.0 Å². The summed E-state index contributed by atoms with van der Waals surface area (Å²) in [5.74, 6) is 0. The van der Waals surface area contributed by atoms with Crippen molar-refractivity contribution in [1.29, 1.82) is 0 Å². The molecule has 0 bridgehead atoms. The van der Waals surface area contributed by atoms with Crippen LogP contribution in [0.1, 0.15) is 19.4 Å². The van der Waals surface area contributed by atoms with E-state index in [1.165, 1.54) is 10.4 Å². The lowest BCUT2D eigenvalue weighted by Crippen LogP contribution is -2.21. The largest absolute Gasteiger partial charge is 0.310 e. The van der Waals surface area contributed by atoms with Crippen LogP contribution in [0.15, 0.2) is 35.7 Å². The maximum Gasteiger partial charge on any atom is 0.0492 e. The van der Waals surface area contributed by atoms with E-state index in [4.69, 9.17) is 11.6 Å². The molecule has 0 aliphatic rings. The molecule has 0 saturated heterocycles. The predicted octanol–water partition coefficient (Wildman–Crippen LogP) is 4.57. The lowest BCUT2D eigenvalue weighted by Gasteiger charge is -2.05. The third-order valence-electron chi connectivity index (χ3n) is 2.51. The van der Waals surface area contributed by atoms with E-state index >= 15 is 0 Å². The first kappa shape index (κ1) is 12.6. The molecule has 2 rings (SSSR count). The van der Waals surface area contributed by atoms with Gasteiger partial charge < -0.3 is 5.32 Å². The Labute approximate surface area is 111 Å². The smallest absolute Gasteiger partial charge is 0.0492 e. The van der Waals surface area contributed by atoms with Crippen molar-refractivity contribution in [2.24, 2.45) is 0 Å². The fourth-order valence-corrected chi connectivity index (χ4v) is 2.84. The highest BCUT2D eigenvalue weighted by Crippen LogP contribution is 2.32. The van der Waals surface area contributed by atoms with Crippen LogP contribution in [0.5, 0.6) is 0 Å². The number of benzene rings is 1. The number of nitrogens with one attached hydrogen (secondary N) is 1. The summed E-state index contributed by atoms with van der Waals surface area (Å²) in [5.41, 5.74) is 2.44. The highest BCUT2D eigenvalue weighted by atomic mass is 35.5. The maximum atomic E-state index is 6.19. The van der Waals surface area contributed by atoms with Gasteiger partial charge in [-0.05, 0) is 23.1 Å². The first-order valence-electron chi connectivity index (χ1n) is 5.72. The fraction of sp³-hybridized carbons (Fsp3) is 0.286. The minimum absolute atomic E-state index is 0.513. The predicted molar refractivity (Wildman–Crippen MR) is 76.7 cm³/mol. The molecule has 1 aromatic carbocycles. The van der Waals surface area contributed by atoms with Gasteiger partial charge in [-0.2, -0.15) is 0 Å². The molecular formula is C14H16ClNS. The SMILES string of the molecule is CC(C)NCc1csc(-c2ccccc2Cl)c1. The van der Waals surface area contributed by atoms with Gasteiger partial charge in [0, 0.05) is 28.0 Å². The normalized spacial score (nSPS) is 11.1. The van der Waals surface area contributed by atoms with Crippen LogP contribution in [0.3, 0.4) is 0 Å². The summed E-state index contributed by atoms with van der Waals surface area (Å²) in [6.07, 6.45) is 0. The molecule has 1 aromatic heterocycles. The van der Waals surface area contributed by atoms with Gasteiger partial charge >= 0.3 is 0 Å². The van der Waals surface area contributed by atoms with Crippen LogP contribution in [0.4, 0.5) is 0 Å². The molecule has 0 saturated carbocycles. The molecule has 0 aliphatic carbocycles. The Hall–Kier alpha value is -0.830. The molecule has 1 N–H and O–H groups in total. The molecule has 0 spiro atoms. The Kier molecular flexibility index (Phi) is 4.21. The highest BCUT2D eigenvalue weighted by molar-refractivity contribution is 7.13. The van der Waals surface area contributed by atoms with Gasteiger partial charge in [-0.15, -0.1) is 11.3 Å². The quantitative estimate of drug-likeness (QED) is 0.854. The van der Waals surface area contributed by atoms with Crippen molar-refractivity contribution in [3.63, 3.8) is 0 Å². The number of rotatable bonds is 4. The summed E-state index contributed by atoms with van der Waals surface area (Å²) in [5, 5.41) is 6.42. The zero-order valence-electron chi connectivity index (χ0n) is 10.0. The third-order valence-corrected chi connectivity index (χ3v) is 3.85. The lowest BCUT2D eigenvalue weighted by molar-refractivity contribution is 0.590. The van der Waals surface area contributed by atoms with Crippen LogP contribution in [-0.4, -0.2) is 6.04 Å². The van der Waals surface area contributed by atoms with E-state index in [1.54, 1.807) is 11.3 Å². The van der Waals surface area contributed by atoms with Gasteiger partial charge in [0.25, 0.3) is 0 Å². The van der Waals surface area contributed by atoms with Crippen molar-refractivity contribution >= 4 is 22.9 Å². The van der Waals surface area contributed by atoms with Crippen LogP contribution >= 0.6 is 22.9 Å². The molecule has 0 atom stereocenters. The highest BCUT2D eigenvalue weighted by Gasteiger charge is 2.06. The minimum atomic E-state index is 0.513. The molecule has 0 radical (unpaired) electrons. The van der Waals surface area contributed by atoms with E-state index in [-0.39, 0.29) is 0 Å². The summed E-state index contributed by atoms with van der Waals surface area (Å²) < 4.78 is 0. The lowest BCUT2D eigenvalue weighted by atomic mass is 10.1. The Morgan fingerprint density at radius 1 is 1.29 bits per heavy atom. The molecular weight excluding hydrogens is 250 g/mol. The van der Waals surface area contributed by atoms with E-state index in [9.17, 15) is 0 Å². The van der Waals surface area contributed by atoms with Crippen LogP contribution in [0.2, 0.25) is 5.02 Å². The Balaban J connectivity index is 2.16. The summed E-state index contributed by atoms with van der Waals surface area (Å²) in [7, 11) is 0. The van der Waals surface area contributed by atoms with Crippen LogP contribution in [0.25, 0.3) is 10.4 Å². The Morgan fingerprint density at radius 2 is 2.06 bits per heavy atom. The molecule has 90 valence electrons. The molecule has 17 heavy (non-hydrogen) atoms. The van der Waals surface area contributed by atoms with Gasteiger partial charge in [-0.3, -0.25) is 0 Å².